The lowest BCUT2D eigenvalue weighted by Crippen LogP contribution is -2.39. The summed E-state index contributed by atoms with van der Waals surface area (Å²) < 4.78 is 46.3. The number of fused-ring (bicyclic) bond motifs is 1. The number of hydrogen-bond donors (Lipinski definition) is 0. The van der Waals surface area contributed by atoms with Crippen molar-refractivity contribution in [1.82, 2.24) is 19.5 Å². The molecule has 6 nitrogen and oxygen atoms in total. The molecule has 0 amide bonds. The second kappa shape index (κ2) is 10.1. The Balaban J connectivity index is 1.76. The summed E-state index contributed by atoms with van der Waals surface area (Å²) in [5.74, 6) is -0.396. The summed E-state index contributed by atoms with van der Waals surface area (Å²) in [6, 6.07) is 16.2. The predicted octanol–water partition coefficient (Wildman–Crippen LogP) is 5.02. The lowest BCUT2D eigenvalue weighted by atomic mass is 9.80. The van der Waals surface area contributed by atoms with E-state index >= 15 is 0 Å². The standard InChI is InChI=1S/C27H27F3N4O2/c1-26(17-19-7-5-4-6-8-19,25(35)36-16-15-33(2)3)23-13-14-31-24-22(18-32-34(23)24)20-9-11-21(12-10-20)27(28,29)30/h4-14,18H,15-17H2,1-3H3. The molecule has 0 N–H and O–H groups in total. The van der Waals surface area contributed by atoms with Crippen LogP contribution in [0.4, 0.5) is 13.2 Å². The van der Waals surface area contributed by atoms with Crippen LogP contribution < -0.4 is 0 Å². The first-order chi connectivity index (χ1) is 17.1. The minimum Gasteiger partial charge on any atom is -0.464 e. The van der Waals surface area contributed by atoms with Gasteiger partial charge in [-0.2, -0.15) is 18.3 Å². The van der Waals surface area contributed by atoms with Gasteiger partial charge in [-0.25, -0.2) is 9.50 Å². The highest BCUT2D eigenvalue weighted by Crippen LogP contribution is 2.34. The molecule has 1 unspecified atom stereocenters. The number of carbonyl (C=O) groups is 1. The van der Waals surface area contributed by atoms with Crippen molar-refractivity contribution in [3.8, 4) is 11.1 Å². The highest BCUT2D eigenvalue weighted by molar-refractivity contribution is 5.84. The molecule has 0 aliphatic rings. The normalized spacial score (nSPS) is 13.6. The fourth-order valence-corrected chi connectivity index (χ4v) is 4.10. The number of rotatable bonds is 8. The Bertz CT molecular complexity index is 1330. The SMILES string of the molecule is CN(C)CCOC(=O)C(C)(Cc1ccccc1)c1ccnc2c(-c3ccc(C(F)(F)F)cc3)cnn12. The van der Waals surface area contributed by atoms with Gasteiger partial charge < -0.3 is 9.64 Å². The molecule has 2 aromatic carbocycles. The van der Waals surface area contributed by atoms with E-state index in [1.54, 1.807) is 23.0 Å². The average molecular weight is 497 g/mol. The summed E-state index contributed by atoms with van der Waals surface area (Å²) in [7, 11) is 3.80. The van der Waals surface area contributed by atoms with Crippen LogP contribution in [0.1, 0.15) is 23.7 Å². The molecule has 2 aromatic heterocycles. The van der Waals surface area contributed by atoms with Crippen LogP contribution in [-0.2, 0) is 27.5 Å². The van der Waals surface area contributed by atoms with Crippen molar-refractivity contribution in [1.29, 1.82) is 0 Å². The molecule has 0 saturated carbocycles. The Morgan fingerprint density at radius 1 is 1.03 bits per heavy atom. The number of alkyl halides is 3. The van der Waals surface area contributed by atoms with Crippen LogP contribution in [0.15, 0.2) is 73.1 Å². The summed E-state index contributed by atoms with van der Waals surface area (Å²) in [4.78, 5) is 19.9. The number of aromatic nitrogens is 3. The summed E-state index contributed by atoms with van der Waals surface area (Å²) in [5.41, 5.74) is 1.24. The third-order valence-electron chi connectivity index (χ3n) is 6.11. The Morgan fingerprint density at radius 3 is 2.36 bits per heavy atom. The highest BCUT2D eigenvalue weighted by Gasteiger charge is 2.40. The fraction of sp³-hybridized carbons (Fsp3) is 0.296. The summed E-state index contributed by atoms with van der Waals surface area (Å²) >= 11 is 0. The van der Waals surface area contributed by atoms with Crippen LogP contribution in [0, 0.1) is 0 Å². The maximum Gasteiger partial charge on any atom is 0.416 e. The van der Waals surface area contributed by atoms with Gasteiger partial charge in [0.15, 0.2) is 5.65 Å². The summed E-state index contributed by atoms with van der Waals surface area (Å²) in [6.45, 7) is 2.63. The van der Waals surface area contributed by atoms with Gasteiger partial charge in [0.2, 0.25) is 0 Å². The van der Waals surface area contributed by atoms with Crippen molar-refractivity contribution in [2.24, 2.45) is 0 Å². The van der Waals surface area contributed by atoms with Crippen molar-refractivity contribution in [2.45, 2.75) is 24.9 Å². The maximum atomic E-state index is 13.5. The van der Waals surface area contributed by atoms with Crippen molar-refractivity contribution < 1.29 is 22.7 Å². The first-order valence-corrected chi connectivity index (χ1v) is 11.5. The summed E-state index contributed by atoms with van der Waals surface area (Å²) in [5, 5.41) is 4.48. The van der Waals surface area contributed by atoms with E-state index in [2.05, 4.69) is 10.1 Å². The predicted molar refractivity (Wildman–Crippen MR) is 130 cm³/mol. The number of hydrogen-bond acceptors (Lipinski definition) is 5. The van der Waals surface area contributed by atoms with Crippen LogP contribution in [0.2, 0.25) is 0 Å². The molecule has 2 heterocycles. The largest absolute Gasteiger partial charge is 0.464 e. The van der Waals surface area contributed by atoms with Gasteiger partial charge in [0, 0.05) is 18.3 Å². The minimum absolute atomic E-state index is 0.236. The highest BCUT2D eigenvalue weighted by atomic mass is 19.4. The maximum absolute atomic E-state index is 13.5. The monoisotopic (exact) mass is 496 g/mol. The van der Waals surface area contributed by atoms with Crippen molar-refractivity contribution in [2.75, 3.05) is 27.2 Å². The molecule has 0 saturated heterocycles. The second-order valence-electron chi connectivity index (χ2n) is 9.13. The first kappa shape index (κ1) is 25.4. The van der Waals surface area contributed by atoms with E-state index < -0.39 is 23.1 Å². The van der Waals surface area contributed by atoms with Gasteiger partial charge >= 0.3 is 12.1 Å². The zero-order valence-electron chi connectivity index (χ0n) is 20.3. The molecule has 0 aliphatic heterocycles. The van der Waals surface area contributed by atoms with Gasteiger partial charge in [0.05, 0.1) is 17.5 Å². The molecule has 4 aromatic rings. The minimum atomic E-state index is -4.42. The first-order valence-electron chi connectivity index (χ1n) is 11.5. The Morgan fingerprint density at radius 2 is 1.72 bits per heavy atom. The molecular formula is C27H27F3N4O2. The zero-order chi connectivity index (χ0) is 25.9. The topological polar surface area (TPSA) is 59.7 Å². The number of esters is 1. The molecule has 4 rings (SSSR count). The van der Waals surface area contributed by atoms with Crippen molar-refractivity contribution >= 4 is 11.6 Å². The molecule has 1 atom stereocenters. The van der Waals surface area contributed by atoms with Crippen LogP contribution in [0.5, 0.6) is 0 Å². The second-order valence-corrected chi connectivity index (χ2v) is 9.13. The number of ether oxygens (including phenoxy) is 1. The van der Waals surface area contributed by atoms with E-state index in [0.29, 0.717) is 35.4 Å². The van der Waals surface area contributed by atoms with Gasteiger partial charge in [0.25, 0.3) is 0 Å². The van der Waals surface area contributed by atoms with Gasteiger partial charge in [-0.1, -0.05) is 42.5 Å². The summed E-state index contributed by atoms with van der Waals surface area (Å²) in [6.07, 6.45) is -0.925. The van der Waals surface area contributed by atoms with Crippen LogP contribution in [0.3, 0.4) is 0 Å². The quantitative estimate of drug-likeness (QED) is 0.321. The van der Waals surface area contributed by atoms with Gasteiger partial charge in [-0.05, 0) is 56.8 Å². The third kappa shape index (κ3) is 5.26. The number of likely N-dealkylation sites (N-methyl/N-ethyl adjacent to an activating group) is 1. The van der Waals surface area contributed by atoms with E-state index in [4.69, 9.17) is 4.74 Å². The number of benzene rings is 2. The lowest BCUT2D eigenvalue weighted by molar-refractivity contribution is -0.150. The smallest absolute Gasteiger partial charge is 0.416 e. The lowest BCUT2D eigenvalue weighted by Gasteiger charge is -2.28. The molecule has 0 aliphatic carbocycles. The Hall–Kier alpha value is -3.72. The number of halogens is 3. The van der Waals surface area contributed by atoms with Crippen LogP contribution in [-0.4, -0.2) is 52.7 Å². The van der Waals surface area contributed by atoms with E-state index in [9.17, 15) is 18.0 Å². The van der Waals surface area contributed by atoms with E-state index in [1.807, 2.05) is 56.3 Å². The van der Waals surface area contributed by atoms with Crippen LogP contribution in [0.25, 0.3) is 16.8 Å². The molecule has 9 heteroatoms. The zero-order valence-corrected chi connectivity index (χ0v) is 20.3. The molecule has 0 radical (unpaired) electrons. The molecule has 0 spiro atoms. The average Bonchev–Trinajstić information content (AvgIpc) is 3.28. The van der Waals surface area contributed by atoms with Gasteiger partial charge in [0.1, 0.15) is 12.0 Å². The molecule has 0 fully saturated rings. The van der Waals surface area contributed by atoms with Gasteiger partial charge in [-0.15, -0.1) is 0 Å². The molecule has 0 bridgehead atoms. The van der Waals surface area contributed by atoms with E-state index in [0.717, 1.165) is 17.7 Å². The van der Waals surface area contributed by atoms with Crippen LogP contribution >= 0.6 is 0 Å². The molecular weight excluding hydrogens is 469 g/mol. The fourth-order valence-electron chi connectivity index (χ4n) is 4.10. The number of nitrogens with zero attached hydrogens (tertiary/aromatic N) is 4. The van der Waals surface area contributed by atoms with E-state index in [-0.39, 0.29) is 6.61 Å². The third-order valence-corrected chi connectivity index (χ3v) is 6.11. The Labute approximate surface area is 207 Å². The molecule has 36 heavy (non-hydrogen) atoms. The van der Waals surface area contributed by atoms with Gasteiger partial charge in [-0.3, -0.25) is 4.79 Å². The van der Waals surface area contributed by atoms with Crippen molar-refractivity contribution in [3.63, 3.8) is 0 Å². The van der Waals surface area contributed by atoms with E-state index in [1.165, 1.54) is 12.1 Å². The molecule has 188 valence electrons. The Kier molecular flexibility index (Phi) is 7.12. The van der Waals surface area contributed by atoms with Crippen molar-refractivity contribution in [3.05, 3.63) is 89.9 Å². The number of carbonyl (C=O) groups excluding carboxylic acids is 1.